The van der Waals surface area contributed by atoms with E-state index in [-0.39, 0.29) is 6.61 Å². The van der Waals surface area contributed by atoms with Crippen molar-refractivity contribution in [2.45, 2.75) is 19.4 Å². The minimum Gasteiger partial charge on any atom is -0.497 e. The Hall–Kier alpha value is -2.63. The molecule has 1 atom stereocenters. The van der Waals surface area contributed by atoms with E-state index >= 15 is 0 Å². The third-order valence-corrected chi connectivity index (χ3v) is 5.41. The van der Waals surface area contributed by atoms with Crippen molar-refractivity contribution >= 4 is 0 Å². The number of likely N-dealkylation sites (tertiary alicyclic amines) is 1. The molecule has 1 aromatic heterocycles. The molecule has 0 amide bonds. The van der Waals surface area contributed by atoms with Gasteiger partial charge in [-0.1, -0.05) is 30.3 Å². The number of aliphatic hydroxyl groups is 1. The average molecular weight is 377 g/mol. The first-order chi connectivity index (χ1) is 13.8. The molecular formula is C23H27N3O2. The third kappa shape index (κ3) is 4.11. The lowest BCUT2D eigenvalue weighted by Gasteiger charge is -2.31. The van der Waals surface area contributed by atoms with Crippen LogP contribution in [0.5, 0.6) is 5.75 Å². The van der Waals surface area contributed by atoms with Crippen molar-refractivity contribution in [3.8, 4) is 22.7 Å². The summed E-state index contributed by atoms with van der Waals surface area (Å²) in [5, 5.41) is 14.5. The van der Waals surface area contributed by atoms with Crippen molar-refractivity contribution in [2.24, 2.45) is 5.92 Å². The van der Waals surface area contributed by atoms with Gasteiger partial charge in [0, 0.05) is 37.0 Å². The van der Waals surface area contributed by atoms with Crippen LogP contribution in [0.25, 0.3) is 16.9 Å². The molecule has 0 radical (unpaired) electrons. The number of nitrogens with zero attached hydrogens (tertiary/aromatic N) is 3. The number of aromatic nitrogens is 2. The normalized spacial score (nSPS) is 17.6. The molecule has 0 saturated carbocycles. The first kappa shape index (κ1) is 18.7. The molecule has 2 aromatic carbocycles. The van der Waals surface area contributed by atoms with Gasteiger partial charge in [-0.25, -0.2) is 4.68 Å². The van der Waals surface area contributed by atoms with Crippen molar-refractivity contribution in [1.29, 1.82) is 0 Å². The summed E-state index contributed by atoms with van der Waals surface area (Å²) in [7, 11) is 1.69. The fraction of sp³-hybridized carbons (Fsp3) is 0.348. The first-order valence-corrected chi connectivity index (χ1v) is 9.88. The number of ether oxygens (including phenoxy) is 1. The predicted molar refractivity (Wildman–Crippen MR) is 111 cm³/mol. The fourth-order valence-electron chi connectivity index (χ4n) is 3.94. The maximum Gasteiger partial charge on any atom is 0.119 e. The van der Waals surface area contributed by atoms with E-state index < -0.39 is 0 Å². The molecular weight excluding hydrogens is 350 g/mol. The van der Waals surface area contributed by atoms with Gasteiger partial charge < -0.3 is 9.84 Å². The summed E-state index contributed by atoms with van der Waals surface area (Å²) in [5.74, 6) is 1.20. The van der Waals surface area contributed by atoms with Crippen LogP contribution < -0.4 is 4.74 Å². The van der Waals surface area contributed by atoms with Gasteiger partial charge in [0.15, 0.2) is 0 Å². The zero-order chi connectivity index (χ0) is 19.3. The number of rotatable bonds is 6. The maximum absolute atomic E-state index is 9.56. The summed E-state index contributed by atoms with van der Waals surface area (Å²) in [5.41, 5.74) is 4.27. The van der Waals surface area contributed by atoms with Crippen LogP contribution in [0.3, 0.4) is 0 Å². The minimum atomic E-state index is 0.266. The average Bonchev–Trinajstić information content (AvgIpc) is 3.18. The zero-order valence-electron chi connectivity index (χ0n) is 16.3. The third-order valence-electron chi connectivity index (χ3n) is 5.41. The van der Waals surface area contributed by atoms with Crippen molar-refractivity contribution < 1.29 is 9.84 Å². The molecule has 5 heteroatoms. The van der Waals surface area contributed by atoms with Crippen molar-refractivity contribution in [3.05, 3.63) is 66.4 Å². The van der Waals surface area contributed by atoms with Gasteiger partial charge in [0.25, 0.3) is 0 Å². The monoisotopic (exact) mass is 377 g/mol. The molecule has 0 bridgehead atoms. The number of methoxy groups -OCH3 is 1. The molecule has 1 N–H and O–H groups in total. The van der Waals surface area contributed by atoms with E-state index in [1.54, 1.807) is 7.11 Å². The molecule has 5 nitrogen and oxygen atoms in total. The lowest BCUT2D eigenvalue weighted by atomic mass is 9.98. The highest BCUT2D eigenvalue weighted by molar-refractivity contribution is 5.65. The molecule has 0 unspecified atom stereocenters. The molecule has 0 aliphatic carbocycles. The lowest BCUT2D eigenvalue weighted by molar-refractivity contribution is 0.116. The quantitative estimate of drug-likeness (QED) is 0.711. The van der Waals surface area contributed by atoms with Crippen LogP contribution in [-0.2, 0) is 6.54 Å². The van der Waals surface area contributed by atoms with Gasteiger partial charge in [-0.05, 0) is 49.6 Å². The minimum absolute atomic E-state index is 0.266. The predicted octanol–water partition coefficient (Wildman–Crippen LogP) is 3.75. The van der Waals surface area contributed by atoms with E-state index in [1.807, 2.05) is 41.1 Å². The van der Waals surface area contributed by atoms with E-state index in [4.69, 9.17) is 9.84 Å². The molecule has 28 heavy (non-hydrogen) atoms. The van der Waals surface area contributed by atoms with Crippen LogP contribution in [0.1, 0.15) is 18.4 Å². The van der Waals surface area contributed by atoms with Gasteiger partial charge >= 0.3 is 0 Å². The SMILES string of the molecule is COc1cccc(-c2nn(-c3ccccc3)cc2CN2CCC[C@H](CO)C2)c1. The Balaban J connectivity index is 1.69. The second-order valence-electron chi connectivity index (χ2n) is 7.44. The van der Waals surface area contributed by atoms with E-state index in [1.165, 1.54) is 5.56 Å². The Morgan fingerprint density at radius 2 is 2.00 bits per heavy atom. The number of hydrogen-bond acceptors (Lipinski definition) is 4. The first-order valence-electron chi connectivity index (χ1n) is 9.88. The maximum atomic E-state index is 9.56. The Morgan fingerprint density at radius 3 is 2.79 bits per heavy atom. The van der Waals surface area contributed by atoms with Crippen LogP contribution in [0, 0.1) is 5.92 Å². The van der Waals surface area contributed by atoms with Gasteiger partial charge in [0.2, 0.25) is 0 Å². The van der Waals surface area contributed by atoms with Crippen LogP contribution in [0.4, 0.5) is 0 Å². The second kappa shape index (κ2) is 8.59. The van der Waals surface area contributed by atoms with Gasteiger partial charge in [0.05, 0.1) is 18.5 Å². The second-order valence-corrected chi connectivity index (χ2v) is 7.44. The van der Waals surface area contributed by atoms with E-state index in [0.717, 1.165) is 55.2 Å². The van der Waals surface area contributed by atoms with E-state index in [2.05, 4.69) is 29.3 Å². The smallest absolute Gasteiger partial charge is 0.119 e. The number of piperidine rings is 1. The largest absolute Gasteiger partial charge is 0.497 e. The molecule has 1 aliphatic rings. The van der Waals surface area contributed by atoms with Gasteiger partial charge in [-0.2, -0.15) is 5.10 Å². The van der Waals surface area contributed by atoms with Gasteiger partial charge in [-0.3, -0.25) is 4.90 Å². The molecule has 1 saturated heterocycles. The highest BCUT2D eigenvalue weighted by atomic mass is 16.5. The number of benzene rings is 2. The van der Waals surface area contributed by atoms with Crippen LogP contribution >= 0.6 is 0 Å². The highest BCUT2D eigenvalue weighted by Crippen LogP contribution is 2.29. The lowest BCUT2D eigenvalue weighted by Crippen LogP contribution is -2.36. The zero-order valence-corrected chi connectivity index (χ0v) is 16.3. The fourth-order valence-corrected chi connectivity index (χ4v) is 3.94. The molecule has 4 rings (SSSR count). The standard InChI is InChI=1S/C23H27N3O2/c1-28-22-11-5-8-19(13-22)23-20(15-25-12-6-7-18(14-25)17-27)16-26(24-23)21-9-3-2-4-10-21/h2-5,8-11,13,16,18,27H,6-7,12,14-15,17H2,1H3/t18-/m0/s1. The number of hydrogen-bond donors (Lipinski definition) is 1. The molecule has 2 heterocycles. The summed E-state index contributed by atoms with van der Waals surface area (Å²) < 4.78 is 7.37. The van der Waals surface area contributed by atoms with Crippen molar-refractivity contribution in [1.82, 2.24) is 14.7 Å². The van der Waals surface area contributed by atoms with Gasteiger partial charge in [0.1, 0.15) is 5.75 Å². The molecule has 1 aliphatic heterocycles. The van der Waals surface area contributed by atoms with E-state index in [9.17, 15) is 5.11 Å². The topological polar surface area (TPSA) is 50.5 Å². The van der Waals surface area contributed by atoms with Crippen molar-refractivity contribution in [2.75, 3.05) is 26.8 Å². The van der Waals surface area contributed by atoms with Crippen LogP contribution in [0.15, 0.2) is 60.8 Å². The van der Waals surface area contributed by atoms with Crippen LogP contribution in [-0.4, -0.2) is 46.6 Å². The number of aliphatic hydroxyl groups excluding tert-OH is 1. The summed E-state index contributed by atoms with van der Waals surface area (Å²) in [6.45, 7) is 3.09. The Kier molecular flexibility index (Phi) is 5.74. The highest BCUT2D eigenvalue weighted by Gasteiger charge is 2.22. The Morgan fingerprint density at radius 1 is 1.14 bits per heavy atom. The summed E-state index contributed by atoms with van der Waals surface area (Å²) in [6, 6.07) is 18.3. The summed E-state index contributed by atoms with van der Waals surface area (Å²) in [6.07, 6.45) is 4.37. The van der Waals surface area contributed by atoms with Crippen molar-refractivity contribution in [3.63, 3.8) is 0 Å². The molecule has 1 fully saturated rings. The Labute approximate surface area is 166 Å². The summed E-state index contributed by atoms with van der Waals surface area (Å²) in [4.78, 5) is 2.43. The molecule has 0 spiro atoms. The van der Waals surface area contributed by atoms with Crippen LogP contribution in [0.2, 0.25) is 0 Å². The van der Waals surface area contributed by atoms with E-state index in [0.29, 0.717) is 5.92 Å². The molecule has 3 aromatic rings. The van der Waals surface area contributed by atoms with Gasteiger partial charge in [-0.15, -0.1) is 0 Å². The molecule has 146 valence electrons. The summed E-state index contributed by atoms with van der Waals surface area (Å²) >= 11 is 0. The Bertz CT molecular complexity index is 907. The number of para-hydroxylation sites is 1.